The molecule has 0 aromatic heterocycles. The highest BCUT2D eigenvalue weighted by molar-refractivity contribution is 6.20. The summed E-state index contributed by atoms with van der Waals surface area (Å²) >= 11 is 0. The van der Waals surface area contributed by atoms with E-state index in [-0.39, 0.29) is 11.8 Å². The van der Waals surface area contributed by atoms with Gasteiger partial charge in [0.15, 0.2) is 0 Å². The molecule has 1 saturated carbocycles. The Labute approximate surface area is 108 Å². The zero-order valence-electron chi connectivity index (χ0n) is 10.8. The fourth-order valence-electron chi connectivity index (χ4n) is 4.07. The summed E-state index contributed by atoms with van der Waals surface area (Å²) in [5, 5.41) is 0. The molecule has 3 unspecified atom stereocenters. The smallest absolute Gasteiger partial charge is 0.257 e. The van der Waals surface area contributed by atoms with E-state index in [0.717, 1.165) is 30.4 Å². The Balaban J connectivity index is 1.91. The van der Waals surface area contributed by atoms with Crippen LogP contribution < -0.4 is 0 Å². The maximum Gasteiger partial charge on any atom is 0.257 e. The normalized spacial score (nSPS) is 33.6. The average Bonchev–Trinajstić information content (AvgIpc) is 2.97. The molecule has 0 aromatic carbocycles. The van der Waals surface area contributed by atoms with Gasteiger partial charge in [0.25, 0.3) is 11.8 Å². The molecule has 1 heterocycles. The minimum Gasteiger partial charge on any atom is -0.271 e. The van der Waals surface area contributed by atoms with E-state index in [2.05, 4.69) is 13.5 Å². The molecule has 96 valence electrons. The summed E-state index contributed by atoms with van der Waals surface area (Å²) in [5.74, 6) is 1.25. The lowest BCUT2D eigenvalue weighted by molar-refractivity contribution is -0.137. The zero-order valence-corrected chi connectivity index (χ0v) is 10.8. The van der Waals surface area contributed by atoms with Gasteiger partial charge in [-0.2, -0.15) is 0 Å². The van der Waals surface area contributed by atoms with Crippen molar-refractivity contribution in [3.8, 4) is 0 Å². The number of carbonyl (C=O) groups is 2. The van der Waals surface area contributed by atoms with Gasteiger partial charge in [0.2, 0.25) is 0 Å². The Bertz CT molecular complexity index is 463. The topological polar surface area (TPSA) is 37.4 Å². The third-order valence-electron chi connectivity index (χ3n) is 4.69. The lowest BCUT2D eigenvalue weighted by Gasteiger charge is -2.21. The second-order valence-electron chi connectivity index (χ2n) is 5.66. The van der Waals surface area contributed by atoms with Crippen molar-refractivity contribution in [2.24, 2.45) is 17.8 Å². The van der Waals surface area contributed by atoms with Crippen molar-refractivity contribution in [1.29, 1.82) is 0 Å². The Morgan fingerprint density at radius 3 is 2.67 bits per heavy atom. The van der Waals surface area contributed by atoms with Crippen molar-refractivity contribution in [2.75, 3.05) is 6.54 Å². The molecule has 0 aromatic rings. The van der Waals surface area contributed by atoms with Crippen LogP contribution in [0.2, 0.25) is 0 Å². The molecule has 0 N–H and O–H groups in total. The molecule has 1 fully saturated rings. The quantitative estimate of drug-likeness (QED) is 0.563. The summed E-state index contributed by atoms with van der Waals surface area (Å²) in [6, 6.07) is 0. The molecule has 0 radical (unpaired) electrons. The minimum absolute atomic E-state index is 0.0387. The Morgan fingerprint density at radius 2 is 2.00 bits per heavy atom. The van der Waals surface area contributed by atoms with Gasteiger partial charge in [-0.25, -0.2) is 0 Å². The van der Waals surface area contributed by atoms with E-state index < -0.39 is 0 Å². The highest BCUT2D eigenvalue weighted by atomic mass is 16.2. The number of likely N-dealkylation sites (tertiary alicyclic amines) is 1. The SMILES string of the molecule is C=CCN1C(=O)C2=C(C1=O)C1CC2CC1CCC. The summed E-state index contributed by atoms with van der Waals surface area (Å²) < 4.78 is 0. The van der Waals surface area contributed by atoms with Gasteiger partial charge in [-0.15, -0.1) is 6.58 Å². The predicted octanol–water partition coefficient (Wildman–Crippen LogP) is 2.29. The Morgan fingerprint density at radius 1 is 1.28 bits per heavy atom. The molecule has 3 heteroatoms. The number of hydrogen-bond acceptors (Lipinski definition) is 2. The third kappa shape index (κ3) is 1.36. The van der Waals surface area contributed by atoms with Gasteiger partial charge in [-0.1, -0.05) is 25.8 Å². The molecule has 3 aliphatic rings. The van der Waals surface area contributed by atoms with Crippen molar-refractivity contribution in [3.63, 3.8) is 0 Å². The number of hydrogen-bond donors (Lipinski definition) is 0. The van der Waals surface area contributed by atoms with Gasteiger partial charge in [-0.05, 0) is 30.6 Å². The van der Waals surface area contributed by atoms with Crippen LogP contribution in [-0.4, -0.2) is 23.3 Å². The van der Waals surface area contributed by atoms with Crippen LogP contribution >= 0.6 is 0 Å². The highest BCUT2D eigenvalue weighted by Gasteiger charge is 2.54. The van der Waals surface area contributed by atoms with E-state index in [4.69, 9.17) is 0 Å². The molecule has 1 aliphatic heterocycles. The summed E-state index contributed by atoms with van der Waals surface area (Å²) in [7, 11) is 0. The second-order valence-corrected chi connectivity index (χ2v) is 5.66. The molecular weight excluding hydrogens is 226 g/mol. The number of rotatable bonds is 4. The van der Waals surface area contributed by atoms with Gasteiger partial charge in [0, 0.05) is 17.7 Å². The molecule has 3 atom stereocenters. The second kappa shape index (κ2) is 4.08. The fraction of sp³-hybridized carbons (Fsp3) is 0.600. The molecule has 3 nitrogen and oxygen atoms in total. The predicted molar refractivity (Wildman–Crippen MR) is 68.6 cm³/mol. The van der Waals surface area contributed by atoms with E-state index in [1.54, 1.807) is 6.08 Å². The zero-order chi connectivity index (χ0) is 12.9. The molecule has 3 rings (SSSR count). The van der Waals surface area contributed by atoms with Gasteiger partial charge in [0.1, 0.15) is 0 Å². The lowest BCUT2D eigenvalue weighted by atomic mass is 9.82. The first-order chi connectivity index (χ1) is 8.69. The van der Waals surface area contributed by atoms with Crippen molar-refractivity contribution in [2.45, 2.75) is 32.6 Å². The maximum absolute atomic E-state index is 12.3. The molecule has 0 spiro atoms. The van der Waals surface area contributed by atoms with Gasteiger partial charge < -0.3 is 0 Å². The van der Waals surface area contributed by atoms with Crippen molar-refractivity contribution in [3.05, 3.63) is 23.8 Å². The largest absolute Gasteiger partial charge is 0.271 e. The molecule has 2 aliphatic carbocycles. The van der Waals surface area contributed by atoms with Crippen LogP contribution in [0, 0.1) is 17.8 Å². The first-order valence-corrected chi connectivity index (χ1v) is 6.90. The molecule has 18 heavy (non-hydrogen) atoms. The van der Waals surface area contributed by atoms with Crippen LogP contribution in [0.4, 0.5) is 0 Å². The van der Waals surface area contributed by atoms with Gasteiger partial charge in [-0.3, -0.25) is 14.5 Å². The van der Waals surface area contributed by atoms with Crippen LogP contribution in [0.1, 0.15) is 32.6 Å². The summed E-state index contributed by atoms with van der Waals surface area (Å²) in [6.45, 7) is 6.16. The Kier molecular flexibility index (Phi) is 2.65. The minimum atomic E-state index is -0.0441. The van der Waals surface area contributed by atoms with Crippen molar-refractivity contribution < 1.29 is 9.59 Å². The summed E-state index contributed by atoms with van der Waals surface area (Å²) in [4.78, 5) is 25.9. The summed E-state index contributed by atoms with van der Waals surface area (Å²) in [5.41, 5.74) is 1.70. The van der Waals surface area contributed by atoms with E-state index in [0.29, 0.717) is 24.3 Å². The molecule has 0 saturated heterocycles. The maximum atomic E-state index is 12.3. The number of fused-ring (bicyclic) bond motifs is 4. The number of nitrogens with zero attached hydrogens (tertiary/aromatic N) is 1. The molecular formula is C15H19NO2. The number of amides is 2. The van der Waals surface area contributed by atoms with E-state index in [1.165, 1.54) is 11.3 Å². The van der Waals surface area contributed by atoms with Gasteiger partial charge in [0.05, 0.1) is 0 Å². The average molecular weight is 245 g/mol. The first kappa shape index (κ1) is 11.7. The fourth-order valence-corrected chi connectivity index (χ4v) is 4.07. The highest BCUT2D eigenvalue weighted by Crippen LogP contribution is 2.56. The monoisotopic (exact) mass is 245 g/mol. The van der Waals surface area contributed by atoms with Crippen molar-refractivity contribution in [1.82, 2.24) is 4.90 Å². The van der Waals surface area contributed by atoms with Crippen LogP contribution in [-0.2, 0) is 9.59 Å². The Hall–Kier alpha value is -1.38. The van der Waals surface area contributed by atoms with Crippen LogP contribution in [0.5, 0.6) is 0 Å². The van der Waals surface area contributed by atoms with Crippen LogP contribution in [0.25, 0.3) is 0 Å². The van der Waals surface area contributed by atoms with Gasteiger partial charge >= 0.3 is 0 Å². The third-order valence-corrected chi connectivity index (χ3v) is 4.69. The number of imide groups is 1. The molecule has 2 amide bonds. The van der Waals surface area contributed by atoms with Crippen LogP contribution in [0.15, 0.2) is 23.8 Å². The van der Waals surface area contributed by atoms with Crippen molar-refractivity contribution >= 4 is 11.8 Å². The lowest BCUT2D eigenvalue weighted by Crippen LogP contribution is -2.33. The van der Waals surface area contributed by atoms with E-state index in [1.807, 2.05) is 0 Å². The van der Waals surface area contributed by atoms with E-state index in [9.17, 15) is 9.59 Å². The van der Waals surface area contributed by atoms with Crippen LogP contribution in [0.3, 0.4) is 0 Å². The first-order valence-electron chi connectivity index (χ1n) is 6.90. The molecule has 2 bridgehead atoms. The standard InChI is InChI=1S/C15H19NO2/c1-3-5-9-7-10-8-11(9)13-12(10)14(17)16(6-4-2)15(13)18/h4,9-11H,2-3,5-8H2,1H3. The summed E-state index contributed by atoms with van der Waals surface area (Å²) in [6.07, 6.45) is 6.12. The number of carbonyl (C=O) groups excluding carboxylic acids is 2. The van der Waals surface area contributed by atoms with E-state index >= 15 is 0 Å².